The zero-order valence-electron chi connectivity index (χ0n) is 17.0. The number of allylic oxidation sites excluding steroid dienone is 3. The first-order chi connectivity index (χ1) is 10.0. The zero-order chi connectivity index (χ0) is 18.1. The summed E-state index contributed by atoms with van der Waals surface area (Å²) < 4.78 is 0. The third-order valence-electron chi connectivity index (χ3n) is 2.95. The Morgan fingerprint density at radius 3 is 1.45 bits per heavy atom. The van der Waals surface area contributed by atoms with E-state index in [1.54, 1.807) is 0 Å². The molecule has 1 atom stereocenters. The summed E-state index contributed by atoms with van der Waals surface area (Å²) in [5.74, 6) is 1.43. The number of hydrogen-bond donors (Lipinski definition) is 0. The molecular weight excluding hydrogens is 264 g/mol. The predicted octanol–water partition coefficient (Wildman–Crippen LogP) is 8.36. The first-order valence-electron chi connectivity index (χ1n) is 8.98. The standard InChI is InChI=1S/C9H16.C9H18.C4H10/c1-7(2)6-9(5)8(3)4;1-4-5-6-7-8-9(2)3;1-4(2)3/h9H,1,3,6H2,2,4-5H3;2,4-8H2,1,3H3;4H,1-3H3. The van der Waals surface area contributed by atoms with E-state index in [-0.39, 0.29) is 0 Å². The van der Waals surface area contributed by atoms with Crippen LogP contribution in [-0.4, -0.2) is 0 Å². The Bertz CT molecular complexity index is 278. The van der Waals surface area contributed by atoms with E-state index < -0.39 is 0 Å². The minimum atomic E-state index is 0.600. The highest BCUT2D eigenvalue weighted by atomic mass is 14.1. The van der Waals surface area contributed by atoms with Gasteiger partial charge in [0.25, 0.3) is 0 Å². The number of unbranched alkanes of at least 4 members (excludes halogenated alkanes) is 3. The van der Waals surface area contributed by atoms with Crippen molar-refractivity contribution >= 4 is 0 Å². The van der Waals surface area contributed by atoms with Gasteiger partial charge in [-0.15, -0.1) is 13.2 Å². The van der Waals surface area contributed by atoms with Crippen molar-refractivity contribution in [3.8, 4) is 0 Å². The molecule has 0 saturated carbocycles. The maximum absolute atomic E-state index is 3.87. The van der Waals surface area contributed by atoms with Gasteiger partial charge in [0.1, 0.15) is 0 Å². The Morgan fingerprint density at radius 2 is 1.23 bits per heavy atom. The van der Waals surface area contributed by atoms with E-state index in [9.17, 15) is 0 Å². The average Bonchev–Trinajstić information content (AvgIpc) is 2.33. The highest BCUT2D eigenvalue weighted by molar-refractivity contribution is 5.01. The number of hydrogen-bond acceptors (Lipinski definition) is 0. The first kappa shape index (κ1) is 26.1. The van der Waals surface area contributed by atoms with Crippen LogP contribution in [0.15, 0.2) is 36.5 Å². The summed E-state index contributed by atoms with van der Waals surface area (Å²) in [4.78, 5) is 0. The minimum Gasteiger partial charge on any atom is -0.100 e. The maximum atomic E-state index is 3.87. The Hall–Kier alpha value is -0.780. The molecule has 0 amide bonds. The summed E-state index contributed by atoms with van der Waals surface area (Å²) in [7, 11) is 0. The van der Waals surface area contributed by atoms with Gasteiger partial charge in [-0.05, 0) is 51.9 Å². The third kappa shape index (κ3) is 36.5. The van der Waals surface area contributed by atoms with Crippen molar-refractivity contribution < 1.29 is 0 Å². The fourth-order valence-corrected chi connectivity index (χ4v) is 1.55. The predicted molar refractivity (Wildman–Crippen MR) is 107 cm³/mol. The molecule has 0 fully saturated rings. The topological polar surface area (TPSA) is 0 Å². The highest BCUT2D eigenvalue weighted by Crippen LogP contribution is 2.15. The van der Waals surface area contributed by atoms with Crippen molar-refractivity contribution in [2.75, 3.05) is 0 Å². The van der Waals surface area contributed by atoms with Crippen molar-refractivity contribution in [2.24, 2.45) is 11.8 Å². The molecule has 0 aliphatic rings. The van der Waals surface area contributed by atoms with E-state index in [0.29, 0.717) is 5.92 Å². The summed E-state index contributed by atoms with van der Waals surface area (Å²) in [5.41, 5.74) is 3.81. The number of rotatable bonds is 8. The summed E-state index contributed by atoms with van der Waals surface area (Å²) in [6.07, 6.45) is 7.73. The quantitative estimate of drug-likeness (QED) is 0.312. The molecule has 0 radical (unpaired) electrons. The fourth-order valence-electron chi connectivity index (χ4n) is 1.55. The lowest BCUT2D eigenvalue weighted by Gasteiger charge is -2.09. The van der Waals surface area contributed by atoms with E-state index in [2.05, 4.69) is 75.1 Å². The zero-order valence-corrected chi connectivity index (χ0v) is 17.0. The summed E-state index contributed by atoms with van der Waals surface area (Å²) >= 11 is 0. The van der Waals surface area contributed by atoms with Gasteiger partial charge in [0.15, 0.2) is 0 Å². The maximum Gasteiger partial charge on any atom is -0.0200 e. The van der Waals surface area contributed by atoms with Gasteiger partial charge >= 0.3 is 0 Å². The smallest absolute Gasteiger partial charge is 0.0200 e. The van der Waals surface area contributed by atoms with E-state index in [1.807, 2.05) is 0 Å². The molecule has 0 heterocycles. The summed E-state index contributed by atoms with van der Waals surface area (Å²) in [5, 5.41) is 0. The summed E-state index contributed by atoms with van der Waals surface area (Å²) in [6, 6.07) is 0. The van der Waals surface area contributed by atoms with Crippen LogP contribution in [0.5, 0.6) is 0 Å². The second kappa shape index (κ2) is 18.3. The second-order valence-electron chi connectivity index (χ2n) is 7.41. The SMILES string of the molecule is C=C(C)CC(C)C(=C)C.C=C(C)CCCCCC.CC(C)C. The van der Waals surface area contributed by atoms with Gasteiger partial charge in [-0.1, -0.05) is 77.2 Å². The van der Waals surface area contributed by atoms with Crippen molar-refractivity contribution in [1.82, 2.24) is 0 Å². The third-order valence-corrected chi connectivity index (χ3v) is 2.95. The monoisotopic (exact) mass is 308 g/mol. The van der Waals surface area contributed by atoms with Gasteiger partial charge in [-0.2, -0.15) is 0 Å². The molecule has 0 aromatic carbocycles. The van der Waals surface area contributed by atoms with Crippen LogP contribution in [0.3, 0.4) is 0 Å². The van der Waals surface area contributed by atoms with Crippen LogP contribution in [0.25, 0.3) is 0 Å². The first-order valence-corrected chi connectivity index (χ1v) is 8.98. The normalized spacial score (nSPS) is 10.8. The molecule has 0 aromatic heterocycles. The van der Waals surface area contributed by atoms with Crippen LogP contribution in [0.4, 0.5) is 0 Å². The van der Waals surface area contributed by atoms with Gasteiger partial charge in [-0.3, -0.25) is 0 Å². The van der Waals surface area contributed by atoms with Crippen LogP contribution in [-0.2, 0) is 0 Å². The minimum absolute atomic E-state index is 0.600. The largest absolute Gasteiger partial charge is 0.100 e. The van der Waals surface area contributed by atoms with E-state index in [0.717, 1.165) is 12.3 Å². The lowest BCUT2D eigenvalue weighted by molar-refractivity contribution is 0.665. The van der Waals surface area contributed by atoms with E-state index in [1.165, 1.54) is 48.8 Å². The molecular formula is C22H44. The van der Waals surface area contributed by atoms with Crippen molar-refractivity contribution in [3.63, 3.8) is 0 Å². The van der Waals surface area contributed by atoms with Gasteiger partial charge < -0.3 is 0 Å². The molecule has 132 valence electrons. The van der Waals surface area contributed by atoms with Crippen molar-refractivity contribution in [3.05, 3.63) is 36.5 Å². The van der Waals surface area contributed by atoms with E-state index in [4.69, 9.17) is 0 Å². The Kier molecular flexibility index (Phi) is 21.7. The Balaban J connectivity index is -0.000000266. The molecule has 0 heteroatoms. The molecule has 0 bridgehead atoms. The molecule has 0 N–H and O–H groups in total. The molecule has 1 unspecified atom stereocenters. The summed E-state index contributed by atoms with van der Waals surface area (Å²) in [6.45, 7) is 28.7. The molecule has 0 aliphatic carbocycles. The van der Waals surface area contributed by atoms with Crippen LogP contribution in [0.2, 0.25) is 0 Å². The Morgan fingerprint density at radius 1 is 0.773 bits per heavy atom. The molecule has 22 heavy (non-hydrogen) atoms. The second-order valence-corrected chi connectivity index (χ2v) is 7.41. The van der Waals surface area contributed by atoms with Crippen LogP contribution < -0.4 is 0 Å². The lowest BCUT2D eigenvalue weighted by atomic mass is 9.97. The molecule has 0 spiro atoms. The van der Waals surface area contributed by atoms with Gasteiger partial charge in [0, 0.05) is 0 Å². The molecule has 0 aromatic rings. The van der Waals surface area contributed by atoms with Crippen LogP contribution in [0.1, 0.15) is 93.9 Å². The van der Waals surface area contributed by atoms with Crippen LogP contribution >= 0.6 is 0 Å². The van der Waals surface area contributed by atoms with Crippen LogP contribution in [0, 0.1) is 11.8 Å². The van der Waals surface area contributed by atoms with Gasteiger partial charge in [0.05, 0.1) is 0 Å². The van der Waals surface area contributed by atoms with Gasteiger partial charge in [0.2, 0.25) is 0 Å². The average molecular weight is 309 g/mol. The molecule has 0 aliphatic heterocycles. The lowest BCUT2D eigenvalue weighted by Crippen LogP contribution is -1.94. The molecule has 0 saturated heterocycles. The Labute approximate surface area is 142 Å². The van der Waals surface area contributed by atoms with Crippen molar-refractivity contribution in [1.29, 1.82) is 0 Å². The molecule has 0 nitrogen and oxygen atoms in total. The van der Waals surface area contributed by atoms with Crippen molar-refractivity contribution in [2.45, 2.75) is 93.9 Å². The fraction of sp³-hybridized carbons (Fsp3) is 0.727. The van der Waals surface area contributed by atoms with E-state index >= 15 is 0 Å². The van der Waals surface area contributed by atoms with Gasteiger partial charge in [-0.25, -0.2) is 0 Å². The highest BCUT2D eigenvalue weighted by Gasteiger charge is 2.00. The molecule has 0 rings (SSSR count).